The summed E-state index contributed by atoms with van der Waals surface area (Å²) in [5.41, 5.74) is 2.30. The van der Waals surface area contributed by atoms with Crippen molar-refractivity contribution in [3.63, 3.8) is 0 Å². The van der Waals surface area contributed by atoms with Crippen molar-refractivity contribution in [2.75, 3.05) is 25.6 Å². The van der Waals surface area contributed by atoms with Crippen LogP contribution in [0.2, 0.25) is 0 Å². The van der Waals surface area contributed by atoms with Crippen LogP contribution in [0.5, 0.6) is 11.5 Å². The Kier molecular flexibility index (Phi) is 4.27. The molecule has 0 amide bonds. The Morgan fingerprint density at radius 2 is 2.12 bits per heavy atom. The van der Waals surface area contributed by atoms with Crippen LogP contribution in [-0.2, 0) is 17.9 Å². The topological polar surface area (TPSA) is 43.8 Å². The molecule has 4 heterocycles. The summed E-state index contributed by atoms with van der Waals surface area (Å²) in [5, 5.41) is 0. The minimum atomic E-state index is 0.335. The summed E-state index contributed by atoms with van der Waals surface area (Å²) in [6.07, 6.45) is 3.31. The van der Waals surface area contributed by atoms with E-state index < -0.39 is 0 Å². The van der Waals surface area contributed by atoms with E-state index in [-0.39, 0.29) is 0 Å². The minimum Gasteiger partial charge on any atom is -0.454 e. The first-order chi connectivity index (χ1) is 12.8. The molecule has 1 spiro atoms. The molecule has 0 saturated carbocycles. The van der Waals surface area contributed by atoms with Crippen molar-refractivity contribution in [3.05, 3.63) is 53.9 Å². The van der Waals surface area contributed by atoms with Crippen LogP contribution in [0.3, 0.4) is 0 Å². The van der Waals surface area contributed by atoms with Gasteiger partial charge in [-0.3, -0.25) is 9.88 Å². The number of thioether (sulfide) groups is 1. The molecule has 2 aromatic rings. The van der Waals surface area contributed by atoms with E-state index in [1.807, 2.05) is 30.5 Å². The third kappa shape index (κ3) is 3.29. The van der Waals surface area contributed by atoms with Gasteiger partial charge in [0.15, 0.2) is 11.5 Å². The van der Waals surface area contributed by atoms with Gasteiger partial charge in [0.2, 0.25) is 6.79 Å². The van der Waals surface area contributed by atoms with Gasteiger partial charge in [-0.1, -0.05) is 12.1 Å². The molecule has 2 saturated heterocycles. The van der Waals surface area contributed by atoms with E-state index in [1.54, 1.807) is 0 Å². The average Bonchev–Trinajstić information content (AvgIpc) is 3.27. The Bertz CT molecular complexity index is 780. The van der Waals surface area contributed by atoms with Gasteiger partial charge < -0.3 is 14.2 Å². The van der Waals surface area contributed by atoms with E-state index in [4.69, 9.17) is 14.2 Å². The number of ether oxygens (including phenoxy) is 3. The van der Waals surface area contributed by atoms with Crippen LogP contribution in [0.15, 0.2) is 42.6 Å². The zero-order valence-electron chi connectivity index (χ0n) is 14.6. The molecule has 2 fully saturated rings. The van der Waals surface area contributed by atoms with Crippen molar-refractivity contribution in [2.24, 2.45) is 0 Å². The second-order valence-electron chi connectivity index (χ2n) is 7.29. The first-order valence-electron chi connectivity index (χ1n) is 9.04. The zero-order valence-corrected chi connectivity index (χ0v) is 15.4. The van der Waals surface area contributed by atoms with E-state index in [0.717, 1.165) is 49.0 Å². The quantitative estimate of drug-likeness (QED) is 0.806. The fourth-order valence-electron chi connectivity index (χ4n) is 3.99. The highest BCUT2D eigenvalue weighted by atomic mass is 32.2. The Morgan fingerprint density at radius 1 is 1.19 bits per heavy atom. The summed E-state index contributed by atoms with van der Waals surface area (Å²) < 4.78 is 17.3. The summed E-state index contributed by atoms with van der Waals surface area (Å²) in [5.74, 6) is 2.81. The molecule has 0 bridgehead atoms. The van der Waals surface area contributed by atoms with Gasteiger partial charge >= 0.3 is 0 Å². The summed E-state index contributed by atoms with van der Waals surface area (Å²) in [6.45, 7) is 4.19. The Morgan fingerprint density at radius 3 is 3.00 bits per heavy atom. The van der Waals surface area contributed by atoms with Crippen molar-refractivity contribution in [1.82, 2.24) is 9.88 Å². The zero-order chi connectivity index (χ0) is 17.4. The molecule has 5 nitrogen and oxygen atoms in total. The fraction of sp³-hybridized carbons (Fsp3) is 0.450. The van der Waals surface area contributed by atoms with Crippen molar-refractivity contribution in [3.8, 4) is 11.5 Å². The molecule has 0 N–H and O–H groups in total. The summed E-state index contributed by atoms with van der Waals surface area (Å²) in [6, 6.07) is 12.2. The third-order valence-electron chi connectivity index (χ3n) is 5.23. The SMILES string of the molecule is c1ccc(CO[C@@H]2CSC3(C2)CN(Cc2ccc4c(c2)OCO4)C3)nc1. The Labute approximate surface area is 157 Å². The van der Waals surface area contributed by atoms with Gasteiger partial charge in [0.25, 0.3) is 0 Å². The van der Waals surface area contributed by atoms with Crippen LogP contribution in [-0.4, -0.2) is 46.4 Å². The highest BCUT2D eigenvalue weighted by Gasteiger charge is 2.49. The molecule has 26 heavy (non-hydrogen) atoms. The second kappa shape index (κ2) is 6.76. The van der Waals surface area contributed by atoms with Crippen LogP contribution in [0.25, 0.3) is 0 Å². The lowest BCUT2D eigenvalue weighted by atomic mass is 9.92. The van der Waals surface area contributed by atoms with Crippen molar-refractivity contribution >= 4 is 11.8 Å². The van der Waals surface area contributed by atoms with E-state index in [2.05, 4.69) is 33.8 Å². The molecule has 5 rings (SSSR count). The molecule has 136 valence electrons. The van der Waals surface area contributed by atoms with Crippen LogP contribution in [0.1, 0.15) is 17.7 Å². The normalized spacial score (nSPS) is 23.3. The molecule has 1 aromatic heterocycles. The van der Waals surface area contributed by atoms with Crippen LogP contribution in [0, 0.1) is 0 Å². The number of likely N-dealkylation sites (tertiary alicyclic amines) is 1. The molecule has 0 unspecified atom stereocenters. The number of rotatable bonds is 5. The van der Waals surface area contributed by atoms with Crippen LogP contribution < -0.4 is 9.47 Å². The molecule has 3 aliphatic rings. The number of hydrogen-bond acceptors (Lipinski definition) is 6. The van der Waals surface area contributed by atoms with Crippen molar-refractivity contribution in [1.29, 1.82) is 0 Å². The second-order valence-corrected chi connectivity index (χ2v) is 8.77. The Hall–Kier alpha value is -1.76. The average molecular weight is 370 g/mol. The van der Waals surface area contributed by atoms with Gasteiger partial charge in [-0.15, -0.1) is 11.8 Å². The van der Waals surface area contributed by atoms with E-state index >= 15 is 0 Å². The number of benzene rings is 1. The smallest absolute Gasteiger partial charge is 0.231 e. The molecule has 1 atom stereocenters. The van der Waals surface area contributed by atoms with Gasteiger partial charge in [0, 0.05) is 36.3 Å². The van der Waals surface area contributed by atoms with Crippen LogP contribution in [0.4, 0.5) is 0 Å². The molecule has 6 heteroatoms. The van der Waals surface area contributed by atoms with E-state index in [9.17, 15) is 0 Å². The van der Waals surface area contributed by atoms with E-state index in [0.29, 0.717) is 24.3 Å². The molecule has 0 radical (unpaired) electrons. The molecular weight excluding hydrogens is 348 g/mol. The van der Waals surface area contributed by atoms with Gasteiger partial charge in [0.1, 0.15) is 0 Å². The number of fused-ring (bicyclic) bond motifs is 1. The maximum atomic E-state index is 6.09. The van der Waals surface area contributed by atoms with Crippen molar-refractivity contribution in [2.45, 2.75) is 30.4 Å². The predicted octanol–water partition coefficient (Wildman–Crippen LogP) is 3.09. The first-order valence-corrected chi connectivity index (χ1v) is 10.0. The highest BCUT2D eigenvalue weighted by Crippen LogP contribution is 2.46. The fourth-order valence-corrected chi connectivity index (χ4v) is 5.60. The first kappa shape index (κ1) is 16.4. The standard InChI is InChI=1S/C20H22N2O3S/c1-2-6-21-16(3-1)10-23-17-8-20(26-11-17)12-22(13-20)9-15-4-5-18-19(7-15)25-14-24-18/h1-7,17H,8-14H2/t17-/m0/s1. The van der Waals surface area contributed by atoms with Gasteiger partial charge in [-0.25, -0.2) is 0 Å². The predicted molar refractivity (Wildman–Crippen MR) is 100 cm³/mol. The van der Waals surface area contributed by atoms with Gasteiger partial charge in [0.05, 0.1) is 18.4 Å². The summed E-state index contributed by atoms with van der Waals surface area (Å²) in [7, 11) is 0. The number of aromatic nitrogens is 1. The minimum absolute atomic E-state index is 0.335. The molecular formula is C20H22N2O3S. The summed E-state index contributed by atoms with van der Waals surface area (Å²) >= 11 is 2.08. The van der Waals surface area contributed by atoms with Crippen LogP contribution >= 0.6 is 11.8 Å². The number of pyridine rings is 1. The third-order valence-corrected chi connectivity index (χ3v) is 6.81. The maximum absolute atomic E-state index is 6.09. The van der Waals surface area contributed by atoms with Crippen molar-refractivity contribution < 1.29 is 14.2 Å². The summed E-state index contributed by atoms with van der Waals surface area (Å²) in [4.78, 5) is 6.84. The lowest BCUT2D eigenvalue weighted by Gasteiger charge is -2.47. The highest BCUT2D eigenvalue weighted by molar-refractivity contribution is 8.01. The van der Waals surface area contributed by atoms with Gasteiger partial charge in [-0.05, 0) is 36.2 Å². The number of hydrogen-bond donors (Lipinski definition) is 0. The largest absolute Gasteiger partial charge is 0.454 e. The maximum Gasteiger partial charge on any atom is 0.231 e. The van der Waals surface area contributed by atoms with E-state index in [1.165, 1.54) is 5.56 Å². The lowest BCUT2D eigenvalue weighted by molar-refractivity contribution is 0.0251. The lowest BCUT2D eigenvalue weighted by Crippen LogP contribution is -2.58. The molecule has 0 aliphatic carbocycles. The number of nitrogens with zero attached hydrogens (tertiary/aromatic N) is 2. The Balaban J connectivity index is 1.11. The molecule has 1 aromatic carbocycles. The molecule has 3 aliphatic heterocycles. The van der Waals surface area contributed by atoms with Gasteiger partial charge in [-0.2, -0.15) is 0 Å². The monoisotopic (exact) mass is 370 g/mol.